The maximum atomic E-state index is 2.46. The van der Waals surface area contributed by atoms with E-state index in [1.54, 1.807) is 0 Å². The van der Waals surface area contributed by atoms with Crippen molar-refractivity contribution in [3.63, 3.8) is 0 Å². The maximum absolute atomic E-state index is 2.46. The van der Waals surface area contributed by atoms with Gasteiger partial charge in [0, 0.05) is 27.7 Å². The predicted octanol–water partition coefficient (Wildman–Crippen LogP) is 14.9. The molecule has 0 aliphatic heterocycles. The molecule has 0 saturated carbocycles. The van der Waals surface area contributed by atoms with Crippen LogP contribution in [0, 0.1) is 0 Å². The summed E-state index contributed by atoms with van der Waals surface area (Å²) in [6, 6.07) is 83.1. The zero-order valence-corrected chi connectivity index (χ0v) is 30.8. The third kappa shape index (κ3) is 5.95. The number of para-hydroxylation sites is 3. The van der Waals surface area contributed by atoms with Crippen LogP contribution in [0.3, 0.4) is 0 Å². The third-order valence-corrected chi connectivity index (χ3v) is 10.8. The van der Waals surface area contributed by atoms with E-state index >= 15 is 0 Å². The van der Waals surface area contributed by atoms with Gasteiger partial charge in [-0.3, -0.25) is 0 Å². The zero-order valence-electron chi connectivity index (χ0n) is 30.8. The minimum absolute atomic E-state index is 1.08. The number of hydrogen-bond acceptors (Lipinski definition) is 1. The second kappa shape index (κ2) is 14.4. The molecule has 0 aliphatic carbocycles. The number of benzene rings is 9. The van der Waals surface area contributed by atoms with Gasteiger partial charge >= 0.3 is 0 Å². The molecule has 0 bridgehead atoms. The molecule has 0 spiro atoms. The minimum atomic E-state index is 1.08. The average Bonchev–Trinajstić information content (AvgIpc) is 3.63. The van der Waals surface area contributed by atoms with Gasteiger partial charge in [0.2, 0.25) is 0 Å². The Labute approximate surface area is 327 Å². The maximum Gasteiger partial charge on any atom is 0.0562 e. The Morgan fingerprint density at radius 1 is 0.304 bits per heavy atom. The minimum Gasteiger partial charge on any atom is -0.309 e. The summed E-state index contributed by atoms with van der Waals surface area (Å²) in [4.78, 5) is 2.46. The summed E-state index contributed by atoms with van der Waals surface area (Å²) in [5.74, 6) is 0. The second-order valence-electron chi connectivity index (χ2n) is 14.1. The van der Waals surface area contributed by atoms with E-state index in [-0.39, 0.29) is 0 Å². The average molecular weight is 715 g/mol. The van der Waals surface area contributed by atoms with Gasteiger partial charge < -0.3 is 9.47 Å². The normalized spacial score (nSPS) is 11.2. The molecule has 0 radical (unpaired) electrons. The molecule has 0 saturated heterocycles. The molecule has 264 valence electrons. The molecule has 56 heavy (non-hydrogen) atoms. The third-order valence-electron chi connectivity index (χ3n) is 10.8. The highest BCUT2D eigenvalue weighted by Crippen LogP contribution is 2.47. The molecule has 0 fully saturated rings. The molecule has 2 heteroatoms. The SMILES string of the molecule is c1ccc(-c2cccc(-c3ccccc3N(c3ccc(-c4ccccc4-c4ccccc4)cc3)c3cccc4c3c3ccccc3n4-c3ccccc3)c2)cc1. The summed E-state index contributed by atoms with van der Waals surface area (Å²) in [6.45, 7) is 0. The van der Waals surface area contributed by atoms with Crippen LogP contribution in [0.15, 0.2) is 231 Å². The summed E-state index contributed by atoms with van der Waals surface area (Å²) in [5, 5.41) is 2.42. The van der Waals surface area contributed by atoms with Crippen LogP contribution in [0.25, 0.3) is 72.0 Å². The van der Waals surface area contributed by atoms with Crippen molar-refractivity contribution in [1.29, 1.82) is 0 Å². The first-order chi connectivity index (χ1) is 27.8. The number of aromatic nitrogens is 1. The summed E-state index contributed by atoms with van der Waals surface area (Å²) in [7, 11) is 0. The molecule has 9 aromatic carbocycles. The van der Waals surface area contributed by atoms with E-state index in [0.717, 1.165) is 33.8 Å². The van der Waals surface area contributed by atoms with Crippen LogP contribution in [0.2, 0.25) is 0 Å². The Bertz CT molecular complexity index is 2940. The summed E-state index contributed by atoms with van der Waals surface area (Å²) < 4.78 is 2.39. The van der Waals surface area contributed by atoms with Crippen LogP contribution in [0.5, 0.6) is 0 Å². The smallest absolute Gasteiger partial charge is 0.0562 e. The highest BCUT2D eigenvalue weighted by atomic mass is 15.1. The van der Waals surface area contributed by atoms with E-state index in [2.05, 4.69) is 240 Å². The molecule has 0 unspecified atom stereocenters. The fraction of sp³-hybridized carbons (Fsp3) is 0. The van der Waals surface area contributed by atoms with Crippen molar-refractivity contribution in [2.75, 3.05) is 4.90 Å². The Balaban J connectivity index is 1.20. The highest BCUT2D eigenvalue weighted by molar-refractivity contribution is 6.17. The first-order valence-electron chi connectivity index (χ1n) is 19.2. The number of anilines is 3. The van der Waals surface area contributed by atoms with Crippen molar-refractivity contribution in [2.45, 2.75) is 0 Å². The molecule has 1 aromatic heterocycles. The van der Waals surface area contributed by atoms with E-state index < -0.39 is 0 Å². The monoisotopic (exact) mass is 714 g/mol. The van der Waals surface area contributed by atoms with Crippen molar-refractivity contribution in [3.8, 4) is 50.2 Å². The molecular weight excluding hydrogens is 677 g/mol. The van der Waals surface area contributed by atoms with Gasteiger partial charge in [0.15, 0.2) is 0 Å². The molecule has 1 heterocycles. The summed E-state index contributed by atoms with van der Waals surface area (Å²) in [5.41, 5.74) is 16.3. The van der Waals surface area contributed by atoms with Crippen molar-refractivity contribution in [2.24, 2.45) is 0 Å². The van der Waals surface area contributed by atoms with E-state index in [0.29, 0.717) is 0 Å². The zero-order chi connectivity index (χ0) is 37.3. The second-order valence-corrected chi connectivity index (χ2v) is 14.1. The molecule has 2 nitrogen and oxygen atoms in total. The van der Waals surface area contributed by atoms with Crippen LogP contribution in [-0.4, -0.2) is 4.57 Å². The molecule has 10 rings (SSSR count). The van der Waals surface area contributed by atoms with E-state index in [1.165, 1.54) is 55.2 Å². The van der Waals surface area contributed by atoms with Crippen LogP contribution in [0.1, 0.15) is 0 Å². The van der Waals surface area contributed by atoms with Crippen LogP contribution >= 0.6 is 0 Å². The lowest BCUT2D eigenvalue weighted by Crippen LogP contribution is -2.11. The Morgan fingerprint density at radius 2 is 0.804 bits per heavy atom. The van der Waals surface area contributed by atoms with Crippen LogP contribution in [-0.2, 0) is 0 Å². The number of nitrogens with zero attached hydrogens (tertiary/aromatic N) is 2. The van der Waals surface area contributed by atoms with Gasteiger partial charge in [0.25, 0.3) is 0 Å². The summed E-state index contributed by atoms with van der Waals surface area (Å²) in [6.07, 6.45) is 0. The van der Waals surface area contributed by atoms with Crippen molar-refractivity contribution >= 4 is 38.9 Å². The van der Waals surface area contributed by atoms with E-state index in [1.807, 2.05) is 0 Å². The first-order valence-corrected chi connectivity index (χ1v) is 19.2. The number of rotatable bonds is 8. The van der Waals surface area contributed by atoms with E-state index in [4.69, 9.17) is 0 Å². The molecule has 10 aromatic rings. The lowest BCUT2D eigenvalue weighted by atomic mass is 9.94. The van der Waals surface area contributed by atoms with Crippen LogP contribution < -0.4 is 4.90 Å². The predicted molar refractivity (Wildman–Crippen MR) is 237 cm³/mol. The lowest BCUT2D eigenvalue weighted by Gasteiger charge is -2.29. The van der Waals surface area contributed by atoms with Gasteiger partial charge in [-0.15, -0.1) is 0 Å². The lowest BCUT2D eigenvalue weighted by molar-refractivity contribution is 1.18. The van der Waals surface area contributed by atoms with Crippen molar-refractivity contribution in [1.82, 2.24) is 4.57 Å². The highest BCUT2D eigenvalue weighted by Gasteiger charge is 2.23. The van der Waals surface area contributed by atoms with Gasteiger partial charge in [-0.2, -0.15) is 0 Å². The Hall–Kier alpha value is -7.42. The fourth-order valence-electron chi connectivity index (χ4n) is 8.25. The van der Waals surface area contributed by atoms with Crippen LogP contribution in [0.4, 0.5) is 17.1 Å². The van der Waals surface area contributed by atoms with Gasteiger partial charge in [-0.25, -0.2) is 0 Å². The largest absolute Gasteiger partial charge is 0.309 e. The Kier molecular flexibility index (Phi) is 8.55. The quantitative estimate of drug-likeness (QED) is 0.152. The number of fused-ring (bicyclic) bond motifs is 3. The molecule has 0 amide bonds. The van der Waals surface area contributed by atoms with Gasteiger partial charge in [-0.1, -0.05) is 176 Å². The summed E-state index contributed by atoms with van der Waals surface area (Å²) >= 11 is 0. The van der Waals surface area contributed by atoms with Gasteiger partial charge in [0.05, 0.1) is 22.4 Å². The van der Waals surface area contributed by atoms with Gasteiger partial charge in [0.1, 0.15) is 0 Å². The number of hydrogen-bond donors (Lipinski definition) is 0. The standard InChI is InChI=1S/C54H38N2/c1-4-18-39(19-5-1)42-22-16-23-43(38-42)48-28-12-14-30-50(48)56(45-36-34-41(35-37-45)47-27-11-10-26-46(47)40-20-6-2-7-21-40)53-33-17-32-52-54(53)49-29-13-15-31-51(49)55(52)44-24-8-3-9-25-44/h1-38H. The molecule has 0 N–H and O–H groups in total. The first kappa shape index (κ1) is 33.2. The van der Waals surface area contributed by atoms with Gasteiger partial charge in [-0.05, 0) is 93.5 Å². The van der Waals surface area contributed by atoms with E-state index in [9.17, 15) is 0 Å². The fourth-order valence-corrected chi connectivity index (χ4v) is 8.25. The van der Waals surface area contributed by atoms with Crippen molar-refractivity contribution < 1.29 is 0 Å². The van der Waals surface area contributed by atoms with Crippen molar-refractivity contribution in [3.05, 3.63) is 231 Å². The topological polar surface area (TPSA) is 8.17 Å². The molecule has 0 atom stereocenters. The molecular formula is C54H38N2. The Morgan fingerprint density at radius 3 is 1.54 bits per heavy atom. The molecule has 0 aliphatic rings.